The summed E-state index contributed by atoms with van der Waals surface area (Å²) in [7, 11) is -3.54. The number of anilines is 1. The summed E-state index contributed by atoms with van der Waals surface area (Å²) in [4.78, 5) is -0.106. The van der Waals surface area contributed by atoms with Gasteiger partial charge >= 0.3 is 0 Å². The van der Waals surface area contributed by atoms with E-state index in [0.29, 0.717) is 0 Å². The van der Waals surface area contributed by atoms with E-state index >= 15 is 0 Å². The Labute approximate surface area is 97.4 Å². The summed E-state index contributed by atoms with van der Waals surface area (Å²) < 4.78 is 36.9. The van der Waals surface area contributed by atoms with Crippen molar-refractivity contribution in [2.75, 3.05) is 12.0 Å². The molecule has 0 spiro atoms. The van der Waals surface area contributed by atoms with E-state index in [9.17, 15) is 12.8 Å². The predicted octanol–water partition coefficient (Wildman–Crippen LogP) is 1.20. The molecule has 0 bridgehead atoms. The Morgan fingerprint density at radius 2 is 2.12 bits per heavy atom. The molecule has 0 saturated heterocycles. The van der Waals surface area contributed by atoms with Crippen molar-refractivity contribution < 1.29 is 12.8 Å². The second kappa shape index (κ2) is 3.85. The van der Waals surface area contributed by atoms with Gasteiger partial charge in [0.1, 0.15) is 11.6 Å². The average molecular weight is 255 g/mol. The van der Waals surface area contributed by atoms with E-state index < -0.39 is 15.7 Å². The summed E-state index contributed by atoms with van der Waals surface area (Å²) >= 11 is 0. The molecule has 3 N–H and O–H groups in total. The van der Waals surface area contributed by atoms with Crippen molar-refractivity contribution in [2.24, 2.45) is 0 Å². The molecule has 0 unspecified atom stereocenters. The maximum atomic E-state index is 13.8. The van der Waals surface area contributed by atoms with Crippen LogP contribution in [0.3, 0.4) is 0 Å². The van der Waals surface area contributed by atoms with E-state index in [-0.39, 0.29) is 21.8 Å². The van der Waals surface area contributed by atoms with Crippen LogP contribution in [0.2, 0.25) is 0 Å². The van der Waals surface area contributed by atoms with Crippen LogP contribution < -0.4 is 5.73 Å². The summed E-state index contributed by atoms with van der Waals surface area (Å²) in [6, 6.07) is 3.85. The number of benzene rings is 1. The number of nitrogen functional groups attached to an aromatic ring is 1. The quantitative estimate of drug-likeness (QED) is 0.843. The SMILES string of the molecule is CS(=O)(=O)c1cccc(F)c1-c1cn[nH]c1N. The molecule has 7 heteroatoms. The lowest BCUT2D eigenvalue weighted by Gasteiger charge is -2.07. The smallest absolute Gasteiger partial charge is 0.176 e. The standard InChI is InChI=1S/C10H10FN3O2S/c1-17(15,16)8-4-2-3-7(11)9(8)6-5-13-14-10(6)12/h2-5H,1H3,(H3,12,13,14). The van der Waals surface area contributed by atoms with Gasteiger partial charge in [-0.1, -0.05) is 6.07 Å². The van der Waals surface area contributed by atoms with Crippen molar-refractivity contribution >= 4 is 15.7 Å². The number of aromatic nitrogens is 2. The van der Waals surface area contributed by atoms with Crippen molar-refractivity contribution in [3.8, 4) is 11.1 Å². The van der Waals surface area contributed by atoms with Gasteiger partial charge in [-0.3, -0.25) is 5.10 Å². The Hall–Kier alpha value is -1.89. The molecule has 17 heavy (non-hydrogen) atoms. The number of hydrogen-bond acceptors (Lipinski definition) is 4. The van der Waals surface area contributed by atoms with Gasteiger partial charge < -0.3 is 5.73 Å². The lowest BCUT2D eigenvalue weighted by molar-refractivity contribution is 0.597. The van der Waals surface area contributed by atoms with Gasteiger partial charge in [-0.15, -0.1) is 0 Å². The molecule has 1 aromatic heterocycles. The van der Waals surface area contributed by atoms with Gasteiger partial charge in [0.05, 0.1) is 11.1 Å². The first-order chi connectivity index (χ1) is 7.91. The van der Waals surface area contributed by atoms with E-state index in [1.165, 1.54) is 24.4 Å². The summed E-state index contributed by atoms with van der Waals surface area (Å²) in [5.41, 5.74) is 5.76. The Bertz CT molecular complexity index is 664. The monoisotopic (exact) mass is 255 g/mol. The first-order valence-corrected chi connectivity index (χ1v) is 6.58. The van der Waals surface area contributed by atoms with E-state index in [0.717, 1.165) is 6.26 Å². The topological polar surface area (TPSA) is 88.8 Å². The van der Waals surface area contributed by atoms with Crippen LogP contribution in [0.1, 0.15) is 0 Å². The third kappa shape index (κ3) is 2.01. The molecule has 1 aromatic carbocycles. The van der Waals surface area contributed by atoms with Gasteiger partial charge in [0, 0.05) is 17.4 Å². The third-order valence-corrected chi connectivity index (χ3v) is 3.45. The van der Waals surface area contributed by atoms with Gasteiger partial charge in [-0.2, -0.15) is 5.10 Å². The average Bonchev–Trinajstić information content (AvgIpc) is 2.62. The number of sulfone groups is 1. The summed E-state index contributed by atoms with van der Waals surface area (Å²) in [6.45, 7) is 0. The van der Waals surface area contributed by atoms with Crippen LogP contribution in [0.5, 0.6) is 0 Å². The third-order valence-electron chi connectivity index (χ3n) is 2.31. The van der Waals surface area contributed by atoms with Crippen LogP contribution >= 0.6 is 0 Å². The summed E-state index contributed by atoms with van der Waals surface area (Å²) in [6.07, 6.45) is 2.31. The Kier molecular flexibility index (Phi) is 2.62. The normalized spacial score (nSPS) is 11.6. The minimum Gasteiger partial charge on any atom is -0.384 e. The molecule has 0 amide bonds. The molecule has 0 aliphatic carbocycles. The fourth-order valence-electron chi connectivity index (χ4n) is 1.57. The molecular formula is C10H10FN3O2S. The van der Waals surface area contributed by atoms with Gasteiger partial charge in [0.15, 0.2) is 9.84 Å². The molecule has 0 aliphatic heterocycles. The number of nitrogens with one attached hydrogen (secondary N) is 1. The predicted molar refractivity (Wildman–Crippen MR) is 61.5 cm³/mol. The minimum absolute atomic E-state index is 0.0544. The molecule has 0 fully saturated rings. The van der Waals surface area contributed by atoms with Crippen molar-refractivity contribution in [3.63, 3.8) is 0 Å². The number of nitrogens with two attached hydrogens (primary N) is 1. The van der Waals surface area contributed by atoms with Crippen molar-refractivity contribution in [2.45, 2.75) is 4.90 Å². The maximum Gasteiger partial charge on any atom is 0.176 e. The first-order valence-electron chi connectivity index (χ1n) is 4.69. The molecule has 90 valence electrons. The van der Waals surface area contributed by atoms with Crippen molar-refractivity contribution in [1.29, 1.82) is 0 Å². The Morgan fingerprint density at radius 3 is 2.65 bits per heavy atom. The first kappa shape index (κ1) is 11.6. The van der Waals surface area contributed by atoms with E-state index in [1.54, 1.807) is 0 Å². The molecule has 0 aliphatic rings. The van der Waals surface area contributed by atoms with Gasteiger partial charge in [0.25, 0.3) is 0 Å². The highest BCUT2D eigenvalue weighted by atomic mass is 32.2. The number of nitrogens with zero attached hydrogens (tertiary/aromatic N) is 1. The van der Waals surface area contributed by atoms with Crippen LogP contribution in [0.4, 0.5) is 10.2 Å². The molecule has 1 heterocycles. The van der Waals surface area contributed by atoms with Crippen LogP contribution in [0.15, 0.2) is 29.3 Å². The number of rotatable bonds is 2. The zero-order valence-electron chi connectivity index (χ0n) is 8.94. The fourth-order valence-corrected chi connectivity index (χ4v) is 2.47. The molecule has 2 rings (SSSR count). The van der Waals surface area contributed by atoms with E-state index in [4.69, 9.17) is 5.73 Å². The van der Waals surface area contributed by atoms with Gasteiger partial charge in [-0.05, 0) is 12.1 Å². The second-order valence-electron chi connectivity index (χ2n) is 3.58. The Morgan fingerprint density at radius 1 is 1.41 bits per heavy atom. The van der Waals surface area contributed by atoms with Crippen molar-refractivity contribution in [1.82, 2.24) is 10.2 Å². The zero-order valence-corrected chi connectivity index (χ0v) is 9.75. The van der Waals surface area contributed by atoms with Crippen LogP contribution in [0.25, 0.3) is 11.1 Å². The summed E-state index contributed by atoms with van der Waals surface area (Å²) in [5, 5.41) is 6.09. The largest absolute Gasteiger partial charge is 0.384 e. The molecular weight excluding hydrogens is 245 g/mol. The molecule has 0 atom stereocenters. The van der Waals surface area contributed by atoms with Crippen LogP contribution in [-0.2, 0) is 9.84 Å². The van der Waals surface area contributed by atoms with E-state index in [2.05, 4.69) is 10.2 Å². The lowest BCUT2D eigenvalue weighted by Crippen LogP contribution is -2.02. The Balaban J connectivity index is 2.82. The number of halogens is 1. The zero-order chi connectivity index (χ0) is 12.6. The highest BCUT2D eigenvalue weighted by Gasteiger charge is 2.20. The molecule has 0 saturated carbocycles. The fraction of sp³-hybridized carbons (Fsp3) is 0.100. The second-order valence-corrected chi connectivity index (χ2v) is 5.57. The lowest BCUT2D eigenvalue weighted by atomic mass is 10.1. The highest BCUT2D eigenvalue weighted by molar-refractivity contribution is 7.90. The number of aromatic amines is 1. The number of hydrogen-bond donors (Lipinski definition) is 2. The maximum absolute atomic E-state index is 13.8. The summed E-state index contributed by atoms with van der Waals surface area (Å²) in [5.74, 6) is -0.527. The molecule has 2 aromatic rings. The number of H-pyrrole nitrogens is 1. The van der Waals surface area contributed by atoms with Gasteiger partial charge in [0.2, 0.25) is 0 Å². The minimum atomic E-state index is -3.54. The highest BCUT2D eigenvalue weighted by Crippen LogP contribution is 2.32. The molecule has 5 nitrogen and oxygen atoms in total. The van der Waals surface area contributed by atoms with Crippen LogP contribution in [0, 0.1) is 5.82 Å². The van der Waals surface area contributed by atoms with Gasteiger partial charge in [-0.25, -0.2) is 12.8 Å². The van der Waals surface area contributed by atoms with Crippen molar-refractivity contribution in [3.05, 3.63) is 30.2 Å². The molecule has 0 radical (unpaired) electrons. The van der Waals surface area contributed by atoms with E-state index in [1.807, 2.05) is 0 Å². The van der Waals surface area contributed by atoms with Crippen LogP contribution in [-0.4, -0.2) is 24.9 Å².